The lowest BCUT2D eigenvalue weighted by Crippen LogP contribution is -2.07. The van der Waals surface area contributed by atoms with Gasteiger partial charge < -0.3 is 4.42 Å². The van der Waals surface area contributed by atoms with E-state index >= 15 is 0 Å². The highest BCUT2D eigenvalue weighted by Gasteiger charge is 2.22. The average molecular weight is 650 g/mol. The molecule has 0 fully saturated rings. The molecule has 7 aromatic carbocycles. The van der Waals surface area contributed by atoms with E-state index in [4.69, 9.17) is 30.3 Å². The molecule has 0 saturated heterocycles. The van der Waals surface area contributed by atoms with Crippen LogP contribution in [-0.4, -0.2) is 19.5 Å². The van der Waals surface area contributed by atoms with Crippen molar-refractivity contribution < 1.29 is 16.8 Å². The Morgan fingerprint density at radius 1 is 0.460 bits per heavy atom. The van der Waals surface area contributed by atoms with E-state index in [2.05, 4.69) is 0 Å². The molecule has 0 aliphatic carbocycles. The third-order valence-corrected chi connectivity index (χ3v) is 8.91. The molecule has 10 aromatic rings. The average Bonchev–Trinajstić information content (AvgIpc) is 3.83. The Labute approximate surface area is 300 Å². The molecule has 0 saturated carbocycles. The standard InChI is InChI=1S/C45H28N4O/c1-3-13-29(14-4-1)30-25-27-32(28-26-30)43-46-44(38-22-12-21-37-35-18-8-10-24-40(35)50-42(37)38)48-45(47-43)49-39-23-9-7-17-34(39)36-20-11-19-33(41(36)49)31-15-5-2-6-16-31/h1-28H/i2D,5D,6D,7D,9D,15D,16D,17D,23D. The molecule has 5 heteroatoms. The van der Waals surface area contributed by atoms with Crippen LogP contribution in [-0.2, 0) is 0 Å². The van der Waals surface area contributed by atoms with Crippen LogP contribution < -0.4 is 0 Å². The van der Waals surface area contributed by atoms with Gasteiger partial charge in [-0.2, -0.15) is 9.97 Å². The Morgan fingerprint density at radius 2 is 1.12 bits per heavy atom. The number of benzene rings is 7. The summed E-state index contributed by atoms with van der Waals surface area (Å²) < 4.78 is 86.8. The van der Waals surface area contributed by atoms with Crippen LogP contribution in [0.1, 0.15) is 12.3 Å². The monoisotopic (exact) mass is 649 g/mol. The van der Waals surface area contributed by atoms with E-state index in [0.717, 1.165) is 21.9 Å². The summed E-state index contributed by atoms with van der Waals surface area (Å²) >= 11 is 0. The zero-order chi connectivity index (χ0) is 40.9. The van der Waals surface area contributed by atoms with Crippen LogP contribution in [0, 0.1) is 0 Å². The Kier molecular flexibility index (Phi) is 4.67. The van der Waals surface area contributed by atoms with Gasteiger partial charge >= 0.3 is 0 Å². The lowest BCUT2D eigenvalue weighted by Gasteiger charge is -2.13. The summed E-state index contributed by atoms with van der Waals surface area (Å²) in [5, 5.41) is 2.22. The highest BCUT2D eigenvalue weighted by Crippen LogP contribution is 2.39. The largest absolute Gasteiger partial charge is 0.455 e. The maximum absolute atomic E-state index is 9.26. The van der Waals surface area contributed by atoms with Crippen molar-refractivity contribution >= 4 is 43.7 Å². The third-order valence-electron chi connectivity index (χ3n) is 8.91. The molecule has 0 bridgehead atoms. The number of para-hydroxylation sites is 4. The first-order chi connectivity index (χ1) is 28.5. The van der Waals surface area contributed by atoms with Gasteiger partial charge in [-0.05, 0) is 34.9 Å². The van der Waals surface area contributed by atoms with Crippen molar-refractivity contribution in [2.45, 2.75) is 0 Å². The summed E-state index contributed by atoms with van der Waals surface area (Å²) in [4.78, 5) is 15.1. The van der Waals surface area contributed by atoms with Crippen LogP contribution in [0.5, 0.6) is 0 Å². The number of aromatic nitrogens is 4. The predicted molar refractivity (Wildman–Crippen MR) is 203 cm³/mol. The number of furan rings is 1. The van der Waals surface area contributed by atoms with E-state index in [1.165, 1.54) is 4.57 Å². The fourth-order valence-corrected chi connectivity index (χ4v) is 6.63. The van der Waals surface area contributed by atoms with Crippen LogP contribution >= 0.6 is 0 Å². The second-order valence-corrected chi connectivity index (χ2v) is 11.8. The van der Waals surface area contributed by atoms with Gasteiger partial charge in [0.1, 0.15) is 11.2 Å². The van der Waals surface area contributed by atoms with Crippen LogP contribution in [0.4, 0.5) is 0 Å². The fourth-order valence-electron chi connectivity index (χ4n) is 6.63. The highest BCUT2D eigenvalue weighted by atomic mass is 16.3. The lowest BCUT2D eigenvalue weighted by molar-refractivity contribution is 0.669. The van der Waals surface area contributed by atoms with Gasteiger partial charge in [-0.1, -0.05) is 151 Å². The number of hydrogen-bond acceptors (Lipinski definition) is 4. The Bertz CT molecular complexity index is 3350. The van der Waals surface area contributed by atoms with Crippen LogP contribution in [0.15, 0.2) is 174 Å². The van der Waals surface area contributed by atoms with E-state index in [-0.39, 0.29) is 57.2 Å². The van der Waals surface area contributed by atoms with Crippen molar-refractivity contribution in [2.24, 2.45) is 0 Å². The quantitative estimate of drug-likeness (QED) is 0.186. The predicted octanol–water partition coefficient (Wildman–Crippen LogP) is 11.5. The van der Waals surface area contributed by atoms with Gasteiger partial charge in [0.05, 0.1) is 28.9 Å². The molecule has 5 nitrogen and oxygen atoms in total. The smallest absolute Gasteiger partial charge is 0.238 e. The van der Waals surface area contributed by atoms with Crippen molar-refractivity contribution in [3.05, 3.63) is 170 Å². The van der Waals surface area contributed by atoms with Gasteiger partial charge in [0.15, 0.2) is 11.6 Å². The number of fused-ring (bicyclic) bond motifs is 6. The maximum Gasteiger partial charge on any atom is 0.238 e. The highest BCUT2D eigenvalue weighted by molar-refractivity contribution is 6.14. The van der Waals surface area contributed by atoms with Gasteiger partial charge in [0.2, 0.25) is 5.95 Å². The minimum Gasteiger partial charge on any atom is -0.455 e. The first-order valence-corrected chi connectivity index (χ1v) is 16.0. The van der Waals surface area contributed by atoms with Crippen LogP contribution in [0.2, 0.25) is 0 Å². The molecule has 10 rings (SSSR count). The summed E-state index contributed by atoms with van der Waals surface area (Å²) in [6, 6.07) is 31.7. The minimum atomic E-state index is -0.555. The molecule has 0 spiro atoms. The van der Waals surface area contributed by atoms with Crippen LogP contribution in [0.25, 0.3) is 94.7 Å². The van der Waals surface area contributed by atoms with Crippen molar-refractivity contribution in [3.8, 4) is 51.0 Å². The molecule has 3 heterocycles. The molecule has 3 aromatic heterocycles. The SMILES string of the molecule is [2H]c1c([2H])c([2H])c(-c2cccc3c4c([2H])c([2H])c([2H])c([2H])c4n(-c4nc(-c5ccc(-c6ccccc6)cc5)nc(-c5cccc6c5oc5ccccc56)n4)c23)c([2H])c1[2H]. The molecular weight excluding hydrogens is 613 g/mol. The number of nitrogens with zero attached hydrogens (tertiary/aromatic N) is 4. The van der Waals surface area contributed by atoms with Crippen molar-refractivity contribution in [2.75, 3.05) is 0 Å². The molecule has 0 radical (unpaired) electrons. The third kappa shape index (κ3) is 4.52. The van der Waals surface area contributed by atoms with Gasteiger partial charge in [-0.15, -0.1) is 0 Å². The normalized spacial score (nSPS) is 14.1. The fraction of sp³-hybridized carbons (Fsp3) is 0. The Morgan fingerprint density at radius 3 is 1.98 bits per heavy atom. The first-order valence-electron chi connectivity index (χ1n) is 20.5. The van der Waals surface area contributed by atoms with Crippen molar-refractivity contribution in [1.29, 1.82) is 0 Å². The second kappa shape index (κ2) is 11.4. The summed E-state index contributed by atoms with van der Waals surface area (Å²) in [5.41, 5.74) is 4.68. The summed E-state index contributed by atoms with van der Waals surface area (Å²) in [6.45, 7) is 0. The maximum atomic E-state index is 9.26. The van der Waals surface area contributed by atoms with Crippen molar-refractivity contribution in [1.82, 2.24) is 19.5 Å². The van der Waals surface area contributed by atoms with E-state index < -0.39 is 42.3 Å². The topological polar surface area (TPSA) is 56.7 Å². The zero-order valence-electron chi connectivity index (χ0n) is 35.2. The number of rotatable bonds is 5. The summed E-state index contributed by atoms with van der Waals surface area (Å²) in [5.74, 6) is 0.418. The molecule has 50 heavy (non-hydrogen) atoms. The first kappa shape index (κ1) is 20.5. The van der Waals surface area contributed by atoms with E-state index in [0.29, 0.717) is 27.7 Å². The van der Waals surface area contributed by atoms with Crippen LogP contribution in [0.3, 0.4) is 0 Å². The molecular formula is C45H28N4O. The lowest BCUT2D eigenvalue weighted by atomic mass is 10.0. The minimum absolute atomic E-state index is 0.0323. The Balaban J connectivity index is 1.34. The summed E-state index contributed by atoms with van der Waals surface area (Å²) in [6.07, 6.45) is 0. The molecule has 0 N–H and O–H groups in total. The van der Waals surface area contributed by atoms with Gasteiger partial charge in [-0.3, -0.25) is 4.57 Å². The van der Waals surface area contributed by atoms with Gasteiger partial charge in [-0.25, -0.2) is 4.98 Å². The molecule has 0 unspecified atom stereocenters. The number of hydrogen-bond donors (Lipinski definition) is 0. The van der Waals surface area contributed by atoms with E-state index in [9.17, 15) is 1.37 Å². The molecule has 234 valence electrons. The molecule has 0 amide bonds. The van der Waals surface area contributed by atoms with E-state index in [1.807, 2.05) is 97.1 Å². The van der Waals surface area contributed by atoms with Gasteiger partial charge in [0, 0.05) is 32.7 Å². The molecule has 0 aliphatic rings. The molecule has 0 aliphatic heterocycles. The van der Waals surface area contributed by atoms with Crippen molar-refractivity contribution in [3.63, 3.8) is 0 Å². The second-order valence-electron chi connectivity index (χ2n) is 11.8. The zero-order valence-corrected chi connectivity index (χ0v) is 26.2. The molecule has 0 atom stereocenters. The van der Waals surface area contributed by atoms with E-state index in [1.54, 1.807) is 18.2 Å². The van der Waals surface area contributed by atoms with Gasteiger partial charge in [0.25, 0.3) is 0 Å². The summed E-state index contributed by atoms with van der Waals surface area (Å²) in [7, 11) is 0. The Hall–Kier alpha value is -6.85.